The SMILES string of the molecule is CCOc1ccc(S(=O)(=O)N(C)CCCc2ccc(OC)c(OC)c2)cc1OCC. The summed E-state index contributed by atoms with van der Waals surface area (Å²) in [6.07, 6.45) is 1.38. The van der Waals surface area contributed by atoms with Gasteiger partial charge in [0.15, 0.2) is 23.0 Å². The lowest BCUT2D eigenvalue weighted by Gasteiger charge is -2.19. The second kappa shape index (κ2) is 11.1. The Morgan fingerprint density at radius 1 is 0.833 bits per heavy atom. The van der Waals surface area contributed by atoms with Gasteiger partial charge in [0.2, 0.25) is 10.0 Å². The molecule has 0 saturated carbocycles. The van der Waals surface area contributed by atoms with Crippen molar-refractivity contribution in [3.05, 3.63) is 42.0 Å². The van der Waals surface area contributed by atoms with Crippen LogP contribution < -0.4 is 18.9 Å². The molecule has 2 rings (SSSR count). The third kappa shape index (κ3) is 5.79. The zero-order chi connectivity index (χ0) is 22.1. The third-order valence-corrected chi connectivity index (χ3v) is 6.46. The predicted octanol–water partition coefficient (Wildman–Crippen LogP) is 3.75. The molecule has 2 aromatic carbocycles. The minimum atomic E-state index is -3.64. The quantitative estimate of drug-likeness (QED) is 0.503. The molecule has 0 aliphatic carbocycles. The van der Waals surface area contributed by atoms with Gasteiger partial charge in [-0.25, -0.2) is 12.7 Å². The first-order chi connectivity index (χ1) is 14.4. The van der Waals surface area contributed by atoms with Crippen LogP contribution in [0.25, 0.3) is 0 Å². The van der Waals surface area contributed by atoms with Gasteiger partial charge < -0.3 is 18.9 Å². The molecule has 7 nitrogen and oxygen atoms in total. The fourth-order valence-electron chi connectivity index (χ4n) is 3.03. The van der Waals surface area contributed by atoms with Gasteiger partial charge >= 0.3 is 0 Å². The Labute approximate surface area is 179 Å². The summed E-state index contributed by atoms with van der Waals surface area (Å²) in [5, 5.41) is 0. The maximum absolute atomic E-state index is 13.0. The molecule has 0 aromatic heterocycles. The molecule has 0 unspecified atom stereocenters. The van der Waals surface area contributed by atoms with E-state index in [9.17, 15) is 8.42 Å². The highest BCUT2D eigenvalue weighted by Crippen LogP contribution is 2.31. The molecule has 0 radical (unpaired) electrons. The molecule has 166 valence electrons. The number of methoxy groups -OCH3 is 2. The number of nitrogens with zero attached hydrogens (tertiary/aromatic N) is 1. The normalized spacial score (nSPS) is 11.4. The van der Waals surface area contributed by atoms with Crippen molar-refractivity contribution >= 4 is 10.0 Å². The zero-order valence-corrected chi connectivity index (χ0v) is 19.1. The number of rotatable bonds is 12. The molecule has 0 bridgehead atoms. The van der Waals surface area contributed by atoms with E-state index in [-0.39, 0.29) is 4.90 Å². The molecule has 0 N–H and O–H groups in total. The van der Waals surface area contributed by atoms with Crippen LogP contribution in [-0.2, 0) is 16.4 Å². The first-order valence-electron chi connectivity index (χ1n) is 9.94. The Morgan fingerprint density at radius 2 is 1.47 bits per heavy atom. The van der Waals surface area contributed by atoms with Crippen LogP contribution in [0.15, 0.2) is 41.3 Å². The summed E-state index contributed by atoms with van der Waals surface area (Å²) in [6, 6.07) is 10.4. The minimum absolute atomic E-state index is 0.183. The zero-order valence-electron chi connectivity index (χ0n) is 18.3. The summed E-state index contributed by atoms with van der Waals surface area (Å²) in [4.78, 5) is 0.183. The van der Waals surface area contributed by atoms with Crippen LogP contribution in [0.2, 0.25) is 0 Å². The molecule has 8 heteroatoms. The number of aryl methyl sites for hydroxylation is 1. The predicted molar refractivity (Wildman–Crippen MR) is 116 cm³/mol. The second-order valence-corrected chi connectivity index (χ2v) is 8.64. The van der Waals surface area contributed by atoms with Crippen LogP contribution in [0.1, 0.15) is 25.8 Å². The highest BCUT2D eigenvalue weighted by molar-refractivity contribution is 7.89. The number of sulfonamides is 1. The molecule has 2 aromatic rings. The van der Waals surface area contributed by atoms with Gasteiger partial charge in [-0.2, -0.15) is 0 Å². The largest absolute Gasteiger partial charge is 0.493 e. The fourth-order valence-corrected chi connectivity index (χ4v) is 4.26. The lowest BCUT2D eigenvalue weighted by atomic mass is 10.1. The Hall–Kier alpha value is -2.45. The number of hydrogen-bond donors (Lipinski definition) is 0. The minimum Gasteiger partial charge on any atom is -0.493 e. The van der Waals surface area contributed by atoms with Crippen molar-refractivity contribution in [2.24, 2.45) is 0 Å². The Morgan fingerprint density at radius 3 is 2.10 bits per heavy atom. The van der Waals surface area contributed by atoms with E-state index in [1.165, 1.54) is 10.4 Å². The Balaban J connectivity index is 2.07. The van der Waals surface area contributed by atoms with Gasteiger partial charge in [-0.1, -0.05) is 6.07 Å². The van der Waals surface area contributed by atoms with Gasteiger partial charge in [0.1, 0.15) is 0 Å². The molecular formula is C22H31NO6S. The van der Waals surface area contributed by atoms with E-state index in [1.807, 2.05) is 32.0 Å². The van der Waals surface area contributed by atoms with Crippen molar-refractivity contribution < 1.29 is 27.4 Å². The van der Waals surface area contributed by atoms with E-state index < -0.39 is 10.0 Å². The summed E-state index contributed by atoms with van der Waals surface area (Å²) in [7, 11) is 1.13. The fraction of sp³-hybridized carbons (Fsp3) is 0.455. The van der Waals surface area contributed by atoms with Gasteiger partial charge in [0.25, 0.3) is 0 Å². The van der Waals surface area contributed by atoms with Crippen molar-refractivity contribution in [2.45, 2.75) is 31.6 Å². The van der Waals surface area contributed by atoms with E-state index in [4.69, 9.17) is 18.9 Å². The molecule has 0 atom stereocenters. The van der Waals surface area contributed by atoms with Crippen LogP contribution in [0.5, 0.6) is 23.0 Å². The maximum Gasteiger partial charge on any atom is 0.242 e. The average molecular weight is 438 g/mol. The van der Waals surface area contributed by atoms with Crippen molar-refractivity contribution in [1.29, 1.82) is 0 Å². The topological polar surface area (TPSA) is 74.3 Å². The first-order valence-corrected chi connectivity index (χ1v) is 11.4. The Kier molecular flexibility index (Phi) is 8.80. The monoisotopic (exact) mass is 437 g/mol. The highest BCUT2D eigenvalue weighted by atomic mass is 32.2. The average Bonchev–Trinajstić information content (AvgIpc) is 2.74. The molecule has 0 saturated heterocycles. The molecule has 0 amide bonds. The Bertz CT molecular complexity index is 929. The van der Waals surface area contributed by atoms with Gasteiger partial charge in [-0.3, -0.25) is 0 Å². The van der Waals surface area contributed by atoms with Crippen molar-refractivity contribution in [3.63, 3.8) is 0 Å². The van der Waals surface area contributed by atoms with Gasteiger partial charge in [-0.15, -0.1) is 0 Å². The second-order valence-electron chi connectivity index (χ2n) is 6.59. The van der Waals surface area contributed by atoms with Gasteiger partial charge in [-0.05, 0) is 56.5 Å². The lowest BCUT2D eigenvalue weighted by molar-refractivity contribution is 0.287. The summed E-state index contributed by atoms with van der Waals surface area (Å²) in [6.45, 7) is 4.99. The van der Waals surface area contributed by atoms with Crippen molar-refractivity contribution in [2.75, 3.05) is 41.0 Å². The summed E-state index contributed by atoms with van der Waals surface area (Å²) in [5.74, 6) is 2.30. The third-order valence-electron chi connectivity index (χ3n) is 4.61. The number of ether oxygens (including phenoxy) is 4. The molecular weight excluding hydrogens is 406 g/mol. The smallest absolute Gasteiger partial charge is 0.242 e. The molecule has 0 fully saturated rings. The van der Waals surface area contributed by atoms with E-state index in [1.54, 1.807) is 33.4 Å². The van der Waals surface area contributed by atoms with Crippen molar-refractivity contribution in [3.8, 4) is 23.0 Å². The number of benzene rings is 2. The summed E-state index contributed by atoms with van der Waals surface area (Å²) < 4.78 is 49.0. The molecule has 0 spiro atoms. The van der Waals surface area contributed by atoms with E-state index >= 15 is 0 Å². The highest BCUT2D eigenvalue weighted by Gasteiger charge is 2.22. The van der Waals surface area contributed by atoms with Crippen LogP contribution in [-0.4, -0.2) is 53.7 Å². The first kappa shape index (κ1) is 23.8. The van der Waals surface area contributed by atoms with E-state index in [2.05, 4.69) is 0 Å². The van der Waals surface area contributed by atoms with E-state index in [0.29, 0.717) is 55.6 Å². The van der Waals surface area contributed by atoms with Crippen LogP contribution in [0.4, 0.5) is 0 Å². The van der Waals surface area contributed by atoms with Gasteiger partial charge in [0, 0.05) is 19.7 Å². The number of hydrogen-bond acceptors (Lipinski definition) is 6. The standard InChI is InChI=1S/C22H31NO6S/c1-6-28-20-13-11-18(16-22(20)29-7-2)30(24,25)23(3)14-8-9-17-10-12-19(26-4)21(15-17)27-5/h10-13,15-16H,6-9,14H2,1-5H3. The molecule has 0 aliphatic heterocycles. The summed E-state index contributed by atoms with van der Waals surface area (Å²) in [5.41, 5.74) is 1.05. The molecule has 30 heavy (non-hydrogen) atoms. The van der Waals surface area contributed by atoms with Gasteiger partial charge in [0.05, 0.1) is 32.3 Å². The molecule has 0 aliphatic rings. The van der Waals surface area contributed by atoms with Crippen LogP contribution >= 0.6 is 0 Å². The van der Waals surface area contributed by atoms with Crippen LogP contribution in [0.3, 0.4) is 0 Å². The van der Waals surface area contributed by atoms with Crippen LogP contribution in [0, 0.1) is 0 Å². The van der Waals surface area contributed by atoms with E-state index in [0.717, 1.165) is 5.56 Å². The maximum atomic E-state index is 13.0. The van der Waals surface area contributed by atoms with Crippen molar-refractivity contribution in [1.82, 2.24) is 4.31 Å². The summed E-state index contributed by atoms with van der Waals surface area (Å²) >= 11 is 0. The lowest BCUT2D eigenvalue weighted by Crippen LogP contribution is -2.28. The molecule has 0 heterocycles.